The number of benzene rings is 1. The van der Waals surface area contributed by atoms with Gasteiger partial charge in [0, 0.05) is 10.7 Å². The lowest BCUT2D eigenvalue weighted by Crippen LogP contribution is -2.07. The zero-order chi connectivity index (χ0) is 13.7. The molecular formula is C12H12ClN3O3. The highest BCUT2D eigenvalue weighted by Gasteiger charge is 2.15. The second kappa shape index (κ2) is 6.19. The molecule has 0 spiro atoms. The standard InChI is InChI=1S/C12H12ClN3O3/c1-2-18-12(17)11-15-10(19-16-11)7-14-9-5-3-8(13)4-6-9/h3-6,14H,2,7H2,1H3. The van der Waals surface area contributed by atoms with Crippen molar-refractivity contribution in [3.8, 4) is 0 Å². The Kier molecular flexibility index (Phi) is 4.35. The van der Waals surface area contributed by atoms with E-state index in [-0.39, 0.29) is 12.4 Å². The molecule has 0 saturated heterocycles. The number of nitrogens with zero attached hydrogens (tertiary/aromatic N) is 2. The second-order valence-corrected chi connectivity index (χ2v) is 4.03. The molecule has 0 fully saturated rings. The summed E-state index contributed by atoms with van der Waals surface area (Å²) in [6, 6.07) is 7.18. The van der Waals surface area contributed by atoms with Gasteiger partial charge < -0.3 is 14.6 Å². The van der Waals surface area contributed by atoms with Gasteiger partial charge in [0.05, 0.1) is 13.2 Å². The fourth-order valence-corrected chi connectivity index (χ4v) is 1.48. The molecule has 0 aliphatic heterocycles. The topological polar surface area (TPSA) is 77.2 Å². The van der Waals surface area contributed by atoms with Gasteiger partial charge in [0.15, 0.2) is 0 Å². The van der Waals surface area contributed by atoms with Crippen LogP contribution in [0.15, 0.2) is 28.8 Å². The van der Waals surface area contributed by atoms with Crippen LogP contribution in [0.1, 0.15) is 23.4 Å². The van der Waals surface area contributed by atoms with Gasteiger partial charge in [0.2, 0.25) is 5.89 Å². The van der Waals surface area contributed by atoms with Crippen LogP contribution in [0.2, 0.25) is 5.02 Å². The number of rotatable bonds is 5. The van der Waals surface area contributed by atoms with Gasteiger partial charge in [0.25, 0.3) is 5.82 Å². The Balaban J connectivity index is 1.93. The Morgan fingerprint density at radius 3 is 2.84 bits per heavy atom. The van der Waals surface area contributed by atoms with Crippen LogP contribution < -0.4 is 5.32 Å². The lowest BCUT2D eigenvalue weighted by atomic mass is 10.3. The number of carbonyl (C=O) groups is 1. The van der Waals surface area contributed by atoms with Crippen LogP contribution in [-0.2, 0) is 11.3 Å². The summed E-state index contributed by atoms with van der Waals surface area (Å²) in [4.78, 5) is 15.2. The van der Waals surface area contributed by atoms with Crippen LogP contribution in [0.3, 0.4) is 0 Å². The maximum atomic E-state index is 11.3. The van der Waals surface area contributed by atoms with Crippen molar-refractivity contribution in [2.24, 2.45) is 0 Å². The maximum absolute atomic E-state index is 11.3. The number of ether oxygens (including phenoxy) is 1. The van der Waals surface area contributed by atoms with Crippen LogP contribution in [0.25, 0.3) is 0 Å². The van der Waals surface area contributed by atoms with E-state index in [1.807, 2.05) is 12.1 Å². The van der Waals surface area contributed by atoms with E-state index in [1.54, 1.807) is 19.1 Å². The Hall–Kier alpha value is -2.08. The summed E-state index contributed by atoms with van der Waals surface area (Å²) >= 11 is 5.78. The van der Waals surface area contributed by atoms with Crippen LogP contribution in [0.4, 0.5) is 5.69 Å². The normalized spacial score (nSPS) is 10.2. The number of anilines is 1. The number of esters is 1. The molecular weight excluding hydrogens is 270 g/mol. The van der Waals surface area contributed by atoms with Crippen LogP contribution >= 0.6 is 11.6 Å². The number of halogens is 1. The molecule has 19 heavy (non-hydrogen) atoms. The molecule has 1 heterocycles. The molecule has 1 aromatic carbocycles. The van der Waals surface area contributed by atoms with E-state index in [4.69, 9.17) is 20.9 Å². The van der Waals surface area contributed by atoms with E-state index in [2.05, 4.69) is 15.5 Å². The highest BCUT2D eigenvalue weighted by atomic mass is 35.5. The minimum Gasteiger partial charge on any atom is -0.460 e. The minimum absolute atomic E-state index is 0.0743. The van der Waals surface area contributed by atoms with E-state index in [0.29, 0.717) is 17.5 Å². The first kappa shape index (κ1) is 13.4. The van der Waals surface area contributed by atoms with Gasteiger partial charge in [-0.15, -0.1) is 0 Å². The molecule has 0 unspecified atom stereocenters. The summed E-state index contributed by atoms with van der Waals surface area (Å²) < 4.78 is 9.69. The van der Waals surface area contributed by atoms with Gasteiger partial charge in [-0.1, -0.05) is 11.6 Å². The van der Waals surface area contributed by atoms with Gasteiger partial charge >= 0.3 is 5.97 Å². The maximum Gasteiger partial charge on any atom is 0.379 e. The predicted molar refractivity (Wildman–Crippen MR) is 69.0 cm³/mol. The zero-order valence-corrected chi connectivity index (χ0v) is 11.0. The highest BCUT2D eigenvalue weighted by Crippen LogP contribution is 2.14. The second-order valence-electron chi connectivity index (χ2n) is 3.59. The van der Waals surface area contributed by atoms with E-state index in [1.165, 1.54) is 0 Å². The smallest absolute Gasteiger partial charge is 0.379 e. The van der Waals surface area contributed by atoms with Gasteiger partial charge in [-0.2, -0.15) is 4.98 Å². The Morgan fingerprint density at radius 1 is 1.42 bits per heavy atom. The predicted octanol–water partition coefficient (Wildman–Crippen LogP) is 2.51. The molecule has 6 nitrogen and oxygen atoms in total. The summed E-state index contributed by atoms with van der Waals surface area (Å²) in [5, 5.41) is 7.26. The third kappa shape index (κ3) is 3.69. The van der Waals surface area contributed by atoms with Crippen molar-refractivity contribution in [3.63, 3.8) is 0 Å². The van der Waals surface area contributed by atoms with Crippen molar-refractivity contribution in [2.45, 2.75) is 13.5 Å². The number of nitrogens with one attached hydrogen (secondary N) is 1. The van der Waals surface area contributed by atoms with E-state index < -0.39 is 5.97 Å². The highest BCUT2D eigenvalue weighted by molar-refractivity contribution is 6.30. The Bertz CT molecular complexity index is 554. The number of carbonyl (C=O) groups excluding carboxylic acids is 1. The van der Waals surface area contributed by atoms with Gasteiger partial charge in [0.1, 0.15) is 0 Å². The number of hydrogen-bond donors (Lipinski definition) is 1. The summed E-state index contributed by atoms with van der Waals surface area (Å²) in [5.41, 5.74) is 0.861. The number of hydrogen-bond acceptors (Lipinski definition) is 6. The molecule has 0 saturated carbocycles. The van der Waals surface area contributed by atoms with Crippen LogP contribution in [-0.4, -0.2) is 22.7 Å². The summed E-state index contributed by atoms with van der Waals surface area (Å²) in [6.45, 7) is 2.29. The fraction of sp³-hybridized carbons (Fsp3) is 0.250. The quantitative estimate of drug-likeness (QED) is 0.849. The summed E-state index contributed by atoms with van der Waals surface area (Å²) in [5.74, 6) is -0.364. The molecule has 0 radical (unpaired) electrons. The molecule has 100 valence electrons. The Labute approximate surface area is 114 Å². The SMILES string of the molecule is CCOC(=O)c1noc(CNc2ccc(Cl)cc2)n1. The average Bonchev–Trinajstić information content (AvgIpc) is 2.87. The molecule has 0 amide bonds. The zero-order valence-electron chi connectivity index (χ0n) is 10.2. The monoisotopic (exact) mass is 281 g/mol. The average molecular weight is 282 g/mol. The Morgan fingerprint density at radius 2 is 2.16 bits per heavy atom. The third-order valence-electron chi connectivity index (χ3n) is 2.21. The molecule has 2 rings (SSSR count). The minimum atomic E-state index is -0.594. The van der Waals surface area contributed by atoms with Crippen molar-refractivity contribution in [1.82, 2.24) is 10.1 Å². The van der Waals surface area contributed by atoms with Crippen molar-refractivity contribution in [2.75, 3.05) is 11.9 Å². The van der Waals surface area contributed by atoms with Crippen LogP contribution in [0, 0.1) is 0 Å². The summed E-state index contributed by atoms with van der Waals surface area (Å²) in [7, 11) is 0. The van der Waals surface area contributed by atoms with E-state index >= 15 is 0 Å². The lowest BCUT2D eigenvalue weighted by Gasteiger charge is -2.02. The molecule has 0 atom stereocenters. The van der Waals surface area contributed by atoms with Crippen molar-refractivity contribution in [1.29, 1.82) is 0 Å². The first-order chi connectivity index (χ1) is 9.19. The van der Waals surface area contributed by atoms with Crippen molar-refractivity contribution in [3.05, 3.63) is 41.0 Å². The van der Waals surface area contributed by atoms with E-state index in [0.717, 1.165) is 5.69 Å². The molecule has 1 aromatic heterocycles. The fourth-order valence-electron chi connectivity index (χ4n) is 1.35. The van der Waals surface area contributed by atoms with Gasteiger partial charge in [-0.25, -0.2) is 4.79 Å². The third-order valence-corrected chi connectivity index (χ3v) is 2.47. The first-order valence-electron chi connectivity index (χ1n) is 5.68. The summed E-state index contributed by atoms with van der Waals surface area (Å²) in [6.07, 6.45) is 0. The molecule has 0 aliphatic carbocycles. The van der Waals surface area contributed by atoms with Crippen molar-refractivity contribution < 1.29 is 14.1 Å². The molecule has 0 bridgehead atoms. The number of aromatic nitrogens is 2. The molecule has 7 heteroatoms. The molecule has 2 aromatic rings. The first-order valence-corrected chi connectivity index (χ1v) is 6.06. The molecule has 1 N–H and O–H groups in total. The largest absolute Gasteiger partial charge is 0.460 e. The van der Waals surface area contributed by atoms with E-state index in [9.17, 15) is 4.79 Å². The lowest BCUT2D eigenvalue weighted by molar-refractivity contribution is 0.0508. The van der Waals surface area contributed by atoms with Crippen LogP contribution in [0.5, 0.6) is 0 Å². The van der Waals surface area contributed by atoms with Crippen molar-refractivity contribution >= 4 is 23.3 Å². The molecule has 0 aliphatic rings. The van der Waals surface area contributed by atoms with Gasteiger partial charge in [-0.3, -0.25) is 0 Å². The van der Waals surface area contributed by atoms with Gasteiger partial charge in [-0.05, 0) is 36.3 Å².